The Hall–Kier alpha value is -2.57. The van der Waals surface area contributed by atoms with Crippen molar-refractivity contribution in [3.05, 3.63) is 45.6 Å². The number of nitrogens with zero attached hydrogens (tertiary/aromatic N) is 3. The lowest BCUT2D eigenvalue weighted by Crippen LogP contribution is -2.06. The minimum atomic E-state index is -0.421. The summed E-state index contributed by atoms with van der Waals surface area (Å²) in [5, 5.41) is 28.2. The van der Waals surface area contributed by atoms with Crippen LogP contribution in [0.25, 0.3) is 0 Å². The third-order valence-corrected chi connectivity index (χ3v) is 3.22. The number of rotatable bonds is 5. The molecule has 2 rings (SSSR count). The van der Waals surface area contributed by atoms with Gasteiger partial charge in [-0.1, -0.05) is 32.0 Å². The second-order valence-corrected chi connectivity index (χ2v) is 5.10. The summed E-state index contributed by atoms with van der Waals surface area (Å²) < 4.78 is 1.47. The van der Waals surface area contributed by atoms with Crippen LogP contribution in [0.15, 0.2) is 24.3 Å². The van der Waals surface area contributed by atoms with E-state index in [-0.39, 0.29) is 23.9 Å². The van der Waals surface area contributed by atoms with Crippen LogP contribution < -0.4 is 5.32 Å². The van der Waals surface area contributed by atoms with Gasteiger partial charge in [0.1, 0.15) is 11.4 Å². The SMILES string of the molecule is CC(C)c1nn(C)c(NCc2ccccc2O)c1[N+](=O)[O-]. The number of hydrogen-bond donors (Lipinski definition) is 2. The fraction of sp³-hybridized carbons (Fsp3) is 0.357. The highest BCUT2D eigenvalue weighted by molar-refractivity contribution is 5.61. The second-order valence-electron chi connectivity index (χ2n) is 5.10. The number of anilines is 1. The molecule has 0 aliphatic carbocycles. The number of benzene rings is 1. The molecule has 0 saturated heterocycles. The van der Waals surface area contributed by atoms with Gasteiger partial charge in [0.15, 0.2) is 0 Å². The lowest BCUT2D eigenvalue weighted by Gasteiger charge is -2.07. The number of phenols is 1. The van der Waals surface area contributed by atoms with Crippen LogP contribution in [0.2, 0.25) is 0 Å². The van der Waals surface area contributed by atoms with E-state index in [1.807, 2.05) is 13.8 Å². The van der Waals surface area contributed by atoms with Gasteiger partial charge in [0.05, 0.1) is 4.92 Å². The van der Waals surface area contributed by atoms with Gasteiger partial charge in [-0.05, 0) is 6.07 Å². The quantitative estimate of drug-likeness (QED) is 0.652. The molecule has 0 amide bonds. The highest BCUT2D eigenvalue weighted by atomic mass is 16.6. The van der Waals surface area contributed by atoms with Gasteiger partial charge in [-0.15, -0.1) is 0 Å². The molecule has 0 spiro atoms. The molecule has 0 aliphatic rings. The Morgan fingerprint density at radius 2 is 2.10 bits per heavy atom. The molecule has 0 atom stereocenters. The maximum atomic E-state index is 11.3. The Morgan fingerprint density at radius 3 is 2.67 bits per heavy atom. The molecule has 0 bridgehead atoms. The zero-order chi connectivity index (χ0) is 15.6. The molecule has 2 aromatic rings. The van der Waals surface area contributed by atoms with E-state index >= 15 is 0 Å². The Morgan fingerprint density at radius 1 is 1.43 bits per heavy atom. The number of aromatic nitrogens is 2. The molecule has 0 saturated carbocycles. The Balaban J connectivity index is 2.32. The summed E-state index contributed by atoms with van der Waals surface area (Å²) in [4.78, 5) is 10.9. The zero-order valence-corrected chi connectivity index (χ0v) is 12.2. The standard InChI is InChI=1S/C14H18N4O3/c1-9(2)12-13(18(20)21)14(17(3)16-12)15-8-10-6-4-5-7-11(10)19/h4-7,9,15,19H,8H2,1-3H3. The number of phenolic OH excluding ortho intramolecular Hbond substituents is 1. The Bertz CT molecular complexity index is 664. The van der Waals surface area contributed by atoms with Crippen molar-refractivity contribution in [1.82, 2.24) is 9.78 Å². The van der Waals surface area contributed by atoms with E-state index < -0.39 is 4.92 Å². The first-order chi connectivity index (χ1) is 9.91. The molecule has 1 heterocycles. The predicted molar refractivity (Wildman–Crippen MR) is 79.4 cm³/mol. The van der Waals surface area contributed by atoms with Crippen LogP contribution in [0.1, 0.15) is 31.0 Å². The van der Waals surface area contributed by atoms with Crippen molar-refractivity contribution in [3.8, 4) is 5.75 Å². The highest BCUT2D eigenvalue weighted by Gasteiger charge is 2.28. The molecule has 7 nitrogen and oxygen atoms in total. The molecule has 0 unspecified atom stereocenters. The number of aromatic hydroxyl groups is 1. The van der Waals surface area contributed by atoms with E-state index in [0.717, 1.165) is 0 Å². The topological polar surface area (TPSA) is 93.2 Å². The third-order valence-electron chi connectivity index (χ3n) is 3.22. The molecule has 1 aromatic carbocycles. The number of nitro groups is 1. The summed E-state index contributed by atoms with van der Waals surface area (Å²) in [5.74, 6) is 0.447. The van der Waals surface area contributed by atoms with Gasteiger partial charge < -0.3 is 10.4 Å². The van der Waals surface area contributed by atoms with Crippen LogP contribution in [0.4, 0.5) is 11.5 Å². The van der Waals surface area contributed by atoms with Gasteiger partial charge in [-0.25, -0.2) is 4.68 Å². The first kappa shape index (κ1) is 14.8. The predicted octanol–water partition coefficient (Wildman–Crippen LogP) is 2.77. The number of nitrogens with one attached hydrogen (secondary N) is 1. The van der Waals surface area contributed by atoms with Crippen LogP contribution >= 0.6 is 0 Å². The average molecular weight is 290 g/mol. The van der Waals surface area contributed by atoms with E-state index in [9.17, 15) is 15.2 Å². The van der Waals surface area contributed by atoms with Crippen LogP contribution in [0.3, 0.4) is 0 Å². The van der Waals surface area contributed by atoms with Crippen LogP contribution in [0, 0.1) is 10.1 Å². The summed E-state index contributed by atoms with van der Waals surface area (Å²) in [6.45, 7) is 4.01. The number of para-hydroxylation sites is 1. The summed E-state index contributed by atoms with van der Waals surface area (Å²) in [5.41, 5.74) is 1.10. The molecule has 0 aliphatic heterocycles. The molecule has 0 fully saturated rings. The fourth-order valence-corrected chi connectivity index (χ4v) is 2.14. The molecule has 112 valence electrons. The summed E-state index contributed by atoms with van der Waals surface area (Å²) in [6.07, 6.45) is 0. The van der Waals surface area contributed by atoms with Crippen LogP contribution in [0.5, 0.6) is 5.75 Å². The Kier molecular flexibility index (Phi) is 4.11. The van der Waals surface area contributed by atoms with Gasteiger partial charge in [0.25, 0.3) is 0 Å². The first-order valence-electron chi connectivity index (χ1n) is 6.63. The van der Waals surface area contributed by atoms with E-state index in [1.54, 1.807) is 31.3 Å². The van der Waals surface area contributed by atoms with Crippen molar-refractivity contribution in [3.63, 3.8) is 0 Å². The molecule has 21 heavy (non-hydrogen) atoms. The van der Waals surface area contributed by atoms with Crippen molar-refractivity contribution in [2.24, 2.45) is 7.05 Å². The largest absolute Gasteiger partial charge is 0.508 e. The van der Waals surface area contributed by atoms with Crippen molar-refractivity contribution in [1.29, 1.82) is 0 Å². The van der Waals surface area contributed by atoms with Crippen molar-refractivity contribution < 1.29 is 10.0 Å². The van der Waals surface area contributed by atoms with E-state index in [1.165, 1.54) is 4.68 Å². The van der Waals surface area contributed by atoms with Crippen molar-refractivity contribution >= 4 is 11.5 Å². The fourth-order valence-electron chi connectivity index (χ4n) is 2.14. The van der Waals surface area contributed by atoms with E-state index in [2.05, 4.69) is 10.4 Å². The van der Waals surface area contributed by atoms with Gasteiger partial charge in [-0.3, -0.25) is 10.1 Å². The lowest BCUT2D eigenvalue weighted by atomic mass is 10.1. The van der Waals surface area contributed by atoms with E-state index in [4.69, 9.17) is 0 Å². The lowest BCUT2D eigenvalue weighted by molar-refractivity contribution is -0.384. The van der Waals surface area contributed by atoms with Crippen molar-refractivity contribution in [2.75, 3.05) is 5.32 Å². The smallest absolute Gasteiger partial charge is 0.334 e. The van der Waals surface area contributed by atoms with Gasteiger partial charge >= 0.3 is 5.69 Å². The molecule has 0 radical (unpaired) electrons. The second kappa shape index (κ2) is 5.82. The number of aryl methyl sites for hydroxylation is 1. The van der Waals surface area contributed by atoms with Crippen molar-refractivity contribution in [2.45, 2.75) is 26.3 Å². The summed E-state index contributed by atoms with van der Waals surface area (Å²) in [6, 6.07) is 6.86. The molecule has 7 heteroatoms. The monoisotopic (exact) mass is 290 g/mol. The van der Waals surface area contributed by atoms with Crippen LogP contribution in [-0.4, -0.2) is 19.8 Å². The maximum Gasteiger partial charge on any atom is 0.334 e. The molecule has 2 N–H and O–H groups in total. The normalized spacial score (nSPS) is 10.9. The molecular formula is C14H18N4O3. The van der Waals surface area contributed by atoms with Gasteiger partial charge in [0.2, 0.25) is 5.82 Å². The maximum absolute atomic E-state index is 11.3. The average Bonchev–Trinajstić information content (AvgIpc) is 2.75. The van der Waals surface area contributed by atoms with E-state index in [0.29, 0.717) is 17.1 Å². The highest BCUT2D eigenvalue weighted by Crippen LogP contribution is 2.33. The van der Waals surface area contributed by atoms with Crippen LogP contribution in [-0.2, 0) is 13.6 Å². The number of hydrogen-bond acceptors (Lipinski definition) is 5. The van der Waals surface area contributed by atoms with Gasteiger partial charge in [-0.2, -0.15) is 5.10 Å². The molecule has 1 aromatic heterocycles. The summed E-state index contributed by atoms with van der Waals surface area (Å²) >= 11 is 0. The third kappa shape index (κ3) is 2.96. The first-order valence-corrected chi connectivity index (χ1v) is 6.63. The molecular weight excluding hydrogens is 272 g/mol. The minimum Gasteiger partial charge on any atom is -0.508 e. The summed E-state index contributed by atoms with van der Waals surface area (Å²) in [7, 11) is 1.66. The van der Waals surface area contributed by atoms with Gasteiger partial charge in [0, 0.05) is 25.1 Å². The Labute approximate surface area is 122 Å². The minimum absolute atomic E-state index is 0.0112. The zero-order valence-electron chi connectivity index (χ0n) is 12.2.